The zero-order chi connectivity index (χ0) is 16.9. The second-order valence-corrected chi connectivity index (χ2v) is 6.46. The molecule has 130 valence electrons. The summed E-state index contributed by atoms with van der Waals surface area (Å²) in [6.45, 7) is 4.22. The number of hydrogen-bond acceptors (Lipinski definition) is 4. The lowest BCUT2D eigenvalue weighted by molar-refractivity contribution is -0.132. The van der Waals surface area contributed by atoms with E-state index in [0.29, 0.717) is 18.2 Å². The van der Waals surface area contributed by atoms with Gasteiger partial charge in [0.05, 0.1) is 11.6 Å². The Bertz CT molecular complexity index is 597. The molecule has 2 heterocycles. The summed E-state index contributed by atoms with van der Waals surface area (Å²) in [6.07, 6.45) is 2.50. The first-order valence-electron chi connectivity index (χ1n) is 8.50. The van der Waals surface area contributed by atoms with Gasteiger partial charge in [0.15, 0.2) is 0 Å². The van der Waals surface area contributed by atoms with E-state index in [1.165, 1.54) is 12.1 Å². The van der Waals surface area contributed by atoms with Crippen LogP contribution in [-0.4, -0.2) is 37.5 Å². The van der Waals surface area contributed by atoms with Crippen LogP contribution in [0.25, 0.3) is 0 Å². The van der Waals surface area contributed by atoms with Gasteiger partial charge in [-0.3, -0.25) is 4.79 Å². The minimum absolute atomic E-state index is 0.147. The molecule has 1 aromatic rings. The molecule has 1 aromatic carbocycles. The van der Waals surface area contributed by atoms with Gasteiger partial charge in [0, 0.05) is 19.8 Å². The molecule has 0 bridgehead atoms. The third kappa shape index (κ3) is 3.93. The van der Waals surface area contributed by atoms with Crippen LogP contribution in [-0.2, 0) is 14.4 Å². The minimum Gasteiger partial charge on any atom is -0.381 e. The number of amides is 1. The molecule has 3 rings (SSSR count). The van der Waals surface area contributed by atoms with Crippen molar-refractivity contribution in [3.05, 3.63) is 35.6 Å². The largest absolute Gasteiger partial charge is 0.381 e. The number of hydrogen-bond donors (Lipinski definition) is 1. The predicted molar refractivity (Wildman–Crippen MR) is 88.1 cm³/mol. The highest BCUT2D eigenvalue weighted by Crippen LogP contribution is 2.23. The molecule has 0 aromatic heterocycles. The van der Waals surface area contributed by atoms with E-state index in [9.17, 15) is 9.18 Å². The molecule has 0 spiro atoms. The van der Waals surface area contributed by atoms with E-state index in [1.807, 2.05) is 6.92 Å². The maximum Gasteiger partial charge on any atom is 0.264 e. The number of halogens is 1. The van der Waals surface area contributed by atoms with Gasteiger partial charge in [-0.25, -0.2) is 4.39 Å². The fourth-order valence-corrected chi connectivity index (χ4v) is 3.16. The smallest absolute Gasteiger partial charge is 0.264 e. The summed E-state index contributed by atoms with van der Waals surface area (Å²) in [6, 6.07) is 6.06. The van der Waals surface area contributed by atoms with Gasteiger partial charge < -0.3 is 14.9 Å². The quantitative estimate of drug-likeness (QED) is 0.813. The monoisotopic (exact) mass is 334 g/mol. The topological polar surface area (TPSA) is 59.9 Å². The number of ether oxygens (including phenoxy) is 1. The summed E-state index contributed by atoms with van der Waals surface area (Å²) in [5.41, 5.74) is 1.46. The van der Waals surface area contributed by atoms with E-state index < -0.39 is 6.10 Å². The first-order chi connectivity index (χ1) is 11.6. The Morgan fingerprint density at radius 1 is 1.38 bits per heavy atom. The van der Waals surface area contributed by atoms with Crippen LogP contribution >= 0.6 is 0 Å². The van der Waals surface area contributed by atoms with Crippen molar-refractivity contribution >= 4 is 11.6 Å². The molecule has 1 saturated heterocycles. The molecule has 3 unspecified atom stereocenters. The number of carbonyl (C=O) groups is 1. The maximum absolute atomic E-state index is 13.0. The molecule has 1 fully saturated rings. The Hall–Kier alpha value is -1.95. The van der Waals surface area contributed by atoms with Crippen LogP contribution in [0.5, 0.6) is 0 Å². The Morgan fingerprint density at radius 3 is 2.88 bits per heavy atom. The molecular weight excluding hydrogens is 311 g/mol. The van der Waals surface area contributed by atoms with Crippen LogP contribution in [0.3, 0.4) is 0 Å². The van der Waals surface area contributed by atoms with Gasteiger partial charge in [0.2, 0.25) is 6.10 Å². The van der Waals surface area contributed by atoms with Crippen LogP contribution in [0.15, 0.2) is 29.4 Å². The Morgan fingerprint density at radius 2 is 2.17 bits per heavy atom. The molecule has 0 radical (unpaired) electrons. The van der Waals surface area contributed by atoms with Crippen molar-refractivity contribution in [2.75, 3.05) is 19.8 Å². The van der Waals surface area contributed by atoms with E-state index >= 15 is 0 Å². The van der Waals surface area contributed by atoms with E-state index in [2.05, 4.69) is 10.5 Å². The highest BCUT2D eigenvalue weighted by Gasteiger charge is 2.36. The van der Waals surface area contributed by atoms with Crippen LogP contribution in [0, 0.1) is 17.7 Å². The molecule has 5 nitrogen and oxygen atoms in total. The zero-order valence-corrected chi connectivity index (χ0v) is 13.8. The summed E-state index contributed by atoms with van der Waals surface area (Å²) in [7, 11) is 0. The van der Waals surface area contributed by atoms with Crippen molar-refractivity contribution in [1.82, 2.24) is 5.32 Å². The van der Waals surface area contributed by atoms with Crippen LogP contribution in [0.2, 0.25) is 0 Å². The average Bonchev–Trinajstić information content (AvgIpc) is 3.22. The van der Waals surface area contributed by atoms with Crippen molar-refractivity contribution in [3.63, 3.8) is 0 Å². The SMILES string of the molecule is CC1C(c2ccc(F)cc2)=NOC1C(=O)NCCCC1CCOC1. The highest BCUT2D eigenvalue weighted by molar-refractivity contribution is 6.05. The number of nitrogens with one attached hydrogen (secondary N) is 1. The Balaban J connectivity index is 1.45. The summed E-state index contributed by atoms with van der Waals surface area (Å²) < 4.78 is 18.4. The van der Waals surface area contributed by atoms with Gasteiger partial charge in [0.1, 0.15) is 5.82 Å². The second kappa shape index (κ2) is 7.75. The number of benzene rings is 1. The highest BCUT2D eigenvalue weighted by atomic mass is 19.1. The van der Waals surface area contributed by atoms with E-state index in [4.69, 9.17) is 9.57 Å². The summed E-state index contributed by atoms with van der Waals surface area (Å²) in [4.78, 5) is 17.6. The van der Waals surface area contributed by atoms with Crippen molar-refractivity contribution < 1.29 is 18.8 Å². The third-order valence-corrected chi connectivity index (χ3v) is 4.66. The number of nitrogens with zero attached hydrogens (tertiary/aromatic N) is 1. The molecule has 2 aliphatic heterocycles. The van der Waals surface area contributed by atoms with Gasteiger partial charge >= 0.3 is 0 Å². The van der Waals surface area contributed by atoms with Crippen LogP contribution < -0.4 is 5.32 Å². The predicted octanol–water partition coefficient (Wildman–Crippen LogP) is 2.50. The lowest BCUT2D eigenvalue weighted by atomic mass is 9.93. The Labute approximate surface area is 141 Å². The van der Waals surface area contributed by atoms with Gasteiger partial charge in [-0.1, -0.05) is 24.2 Å². The molecule has 2 aliphatic rings. The van der Waals surface area contributed by atoms with Gasteiger partial charge in [-0.15, -0.1) is 0 Å². The molecule has 3 atom stereocenters. The molecule has 0 saturated carbocycles. The van der Waals surface area contributed by atoms with Gasteiger partial charge in [0.25, 0.3) is 5.91 Å². The standard InChI is InChI=1S/C18H23FN2O3/c1-12-16(14-4-6-15(19)7-5-14)21-24-17(12)18(22)20-9-2-3-13-8-10-23-11-13/h4-7,12-13,17H,2-3,8-11H2,1H3,(H,20,22). The number of oxime groups is 1. The molecule has 1 N–H and O–H groups in total. The van der Waals surface area contributed by atoms with Crippen LogP contribution in [0.4, 0.5) is 4.39 Å². The molecule has 1 amide bonds. The first kappa shape index (κ1) is 16.9. The van der Waals surface area contributed by atoms with Crippen LogP contribution in [0.1, 0.15) is 31.7 Å². The van der Waals surface area contributed by atoms with Crippen molar-refractivity contribution in [3.8, 4) is 0 Å². The molecule has 24 heavy (non-hydrogen) atoms. The van der Waals surface area contributed by atoms with Crippen molar-refractivity contribution in [1.29, 1.82) is 0 Å². The Kier molecular flexibility index (Phi) is 5.45. The summed E-state index contributed by atoms with van der Waals surface area (Å²) in [5.74, 6) is 0.00886. The van der Waals surface area contributed by atoms with Crippen molar-refractivity contribution in [2.45, 2.75) is 32.3 Å². The number of carbonyl (C=O) groups excluding carboxylic acids is 1. The van der Waals surface area contributed by atoms with Crippen molar-refractivity contribution in [2.24, 2.45) is 17.0 Å². The minimum atomic E-state index is -0.625. The molecular formula is C18H23FN2O3. The average molecular weight is 334 g/mol. The van der Waals surface area contributed by atoms with Gasteiger partial charge in [-0.05, 0) is 42.9 Å². The number of rotatable bonds is 6. The van der Waals surface area contributed by atoms with Gasteiger partial charge in [-0.2, -0.15) is 0 Å². The third-order valence-electron chi connectivity index (χ3n) is 4.66. The van der Waals surface area contributed by atoms with E-state index in [0.717, 1.165) is 38.0 Å². The molecule has 6 heteroatoms. The van der Waals surface area contributed by atoms with E-state index in [1.54, 1.807) is 12.1 Å². The fourth-order valence-electron chi connectivity index (χ4n) is 3.16. The van der Waals surface area contributed by atoms with E-state index in [-0.39, 0.29) is 17.6 Å². The second-order valence-electron chi connectivity index (χ2n) is 6.46. The summed E-state index contributed by atoms with van der Waals surface area (Å²) >= 11 is 0. The fraction of sp³-hybridized carbons (Fsp3) is 0.556. The molecule has 0 aliphatic carbocycles. The summed E-state index contributed by atoms with van der Waals surface area (Å²) in [5, 5.41) is 6.95. The first-order valence-corrected chi connectivity index (χ1v) is 8.50. The maximum atomic E-state index is 13.0. The normalized spacial score (nSPS) is 26.1. The zero-order valence-electron chi connectivity index (χ0n) is 13.8. The lowest BCUT2D eigenvalue weighted by Crippen LogP contribution is -2.39. The lowest BCUT2D eigenvalue weighted by Gasteiger charge is -2.15.